The van der Waals surface area contributed by atoms with Crippen LogP contribution < -0.4 is 11.0 Å². The molecule has 2 heterocycles. The Morgan fingerprint density at radius 2 is 1.97 bits per heavy atom. The first kappa shape index (κ1) is 28.3. The predicted octanol–water partition coefficient (Wildman–Crippen LogP) is 4.09. The van der Waals surface area contributed by atoms with E-state index in [9.17, 15) is 9.59 Å². The zero-order chi connectivity index (χ0) is 28.5. The van der Waals surface area contributed by atoms with Gasteiger partial charge in [-0.25, -0.2) is 16.0 Å². The summed E-state index contributed by atoms with van der Waals surface area (Å²) in [5, 5.41) is 2.62. The van der Waals surface area contributed by atoms with E-state index in [2.05, 4.69) is 19.8 Å². The van der Waals surface area contributed by atoms with Gasteiger partial charge in [-0.15, -0.1) is 0 Å². The Hall–Kier alpha value is -2.71. The molecule has 1 aliphatic rings. The van der Waals surface area contributed by atoms with E-state index in [1.165, 1.54) is 23.9 Å². The maximum atomic E-state index is 13.0. The number of aromatic nitrogens is 2. The molecule has 1 unspecified atom stereocenters. The van der Waals surface area contributed by atoms with Crippen LogP contribution in [-0.4, -0.2) is 70.8 Å². The predicted molar refractivity (Wildman–Crippen MR) is 145 cm³/mol. The minimum absolute atomic E-state index is 0.0862. The zero-order valence-corrected chi connectivity index (χ0v) is 23.2. The molecule has 38 heavy (non-hydrogen) atoms. The number of carbonyl (C=O) groups excluding carboxylic acids is 1. The summed E-state index contributed by atoms with van der Waals surface area (Å²) in [6, 6.07) is 10.3. The standard InChI is InChI=1S/C26H36N5O6P/c1-17(2)31(18(3)4)38(35-16-14-27-6)37-22-19(5)36-25(23(22)34-7)30-15-13-21(29-26(30)33)28-24(32)20-11-9-8-10-12-20/h8-13,15,17-19,22-23,25H,14,16H2,1-5,7H3,(H,28,29,32,33)/t19-,22-,23-,25-,38?/m1/s1/i5D. The van der Waals surface area contributed by atoms with E-state index in [-0.39, 0.29) is 43.9 Å². The molecule has 0 spiro atoms. The number of rotatable bonds is 12. The molecule has 5 atom stereocenters. The van der Waals surface area contributed by atoms with E-state index in [0.29, 0.717) is 5.56 Å². The van der Waals surface area contributed by atoms with Crippen LogP contribution in [-0.2, 0) is 18.5 Å². The van der Waals surface area contributed by atoms with Crippen LogP contribution >= 0.6 is 8.53 Å². The molecule has 0 bridgehead atoms. The van der Waals surface area contributed by atoms with Crippen LogP contribution in [0, 0.1) is 6.57 Å². The molecule has 12 heteroatoms. The van der Waals surface area contributed by atoms with Crippen LogP contribution in [0.3, 0.4) is 0 Å². The van der Waals surface area contributed by atoms with Gasteiger partial charge in [0.2, 0.25) is 6.54 Å². The second-order valence-corrected chi connectivity index (χ2v) is 10.6. The van der Waals surface area contributed by atoms with Crippen molar-refractivity contribution in [3.63, 3.8) is 0 Å². The molecule has 11 nitrogen and oxygen atoms in total. The molecule has 0 radical (unpaired) electrons. The Morgan fingerprint density at radius 1 is 1.26 bits per heavy atom. The van der Waals surface area contributed by atoms with Gasteiger partial charge in [0, 0.05) is 32.3 Å². The van der Waals surface area contributed by atoms with Crippen molar-refractivity contribution < 1.29 is 24.7 Å². The molecular formula is C26H36N5O6P. The molecule has 1 saturated heterocycles. The summed E-state index contributed by atoms with van der Waals surface area (Å²) < 4.78 is 35.8. The van der Waals surface area contributed by atoms with Gasteiger partial charge in [0.15, 0.2) is 6.23 Å². The zero-order valence-electron chi connectivity index (χ0n) is 23.3. The lowest BCUT2D eigenvalue weighted by atomic mass is 10.1. The Bertz CT molecular complexity index is 1170. The molecule has 1 fully saturated rings. The second-order valence-electron chi connectivity index (χ2n) is 9.18. The first-order chi connectivity index (χ1) is 18.7. The lowest BCUT2D eigenvalue weighted by molar-refractivity contribution is -0.0509. The number of hydrogen-bond acceptors (Lipinski definition) is 8. The highest BCUT2D eigenvalue weighted by Crippen LogP contribution is 2.50. The molecule has 1 aromatic heterocycles. The van der Waals surface area contributed by atoms with E-state index in [1.807, 2.05) is 27.7 Å². The van der Waals surface area contributed by atoms with Crippen molar-refractivity contribution in [2.24, 2.45) is 0 Å². The quantitative estimate of drug-likeness (QED) is 0.241. The van der Waals surface area contributed by atoms with Gasteiger partial charge in [0.1, 0.15) is 24.6 Å². The summed E-state index contributed by atoms with van der Waals surface area (Å²) >= 11 is 0. The topological polar surface area (TPSA) is 109 Å². The summed E-state index contributed by atoms with van der Waals surface area (Å²) in [5.74, 6) is -0.288. The van der Waals surface area contributed by atoms with Gasteiger partial charge in [0.05, 0.1) is 6.10 Å². The normalized spacial score (nSPS) is 22.4. The highest BCUT2D eigenvalue weighted by molar-refractivity contribution is 7.44. The molecular weight excluding hydrogens is 509 g/mol. The van der Waals surface area contributed by atoms with Crippen molar-refractivity contribution in [1.29, 1.82) is 0 Å². The summed E-state index contributed by atoms with van der Waals surface area (Å²) in [6.45, 7) is 15.5. The number of amides is 1. The van der Waals surface area contributed by atoms with Crippen LogP contribution in [0.1, 0.15) is 52.6 Å². The minimum Gasteiger partial charge on any atom is -0.374 e. The maximum Gasteiger partial charge on any atom is 0.351 e. The molecule has 3 rings (SSSR count). The first-order valence-electron chi connectivity index (χ1n) is 13.1. The van der Waals surface area contributed by atoms with Crippen LogP contribution in [0.2, 0.25) is 0 Å². The Balaban J connectivity index is 1.84. The van der Waals surface area contributed by atoms with Gasteiger partial charge in [0.25, 0.3) is 14.4 Å². The average Bonchev–Trinajstić information content (AvgIpc) is 3.25. The largest absolute Gasteiger partial charge is 0.374 e. The monoisotopic (exact) mass is 546 g/mol. The molecule has 1 aromatic carbocycles. The van der Waals surface area contributed by atoms with Crippen LogP contribution in [0.25, 0.3) is 4.85 Å². The Labute approximate surface area is 226 Å². The van der Waals surface area contributed by atoms with Gasteiger partial charge in [-0.3, -0.25) is 9.36 Å². The van der Waals surface area contributed by atoms with E-state index in [1.54, 1.807) is 30.3 Å². The average molecular weight is 547 g/mol. The van der Waals surface area contributed by atoms with Gasteiger partial charge in [-0.05, 0) is 52.8 Å². The molecule has 1 aliphatic heterocycles. The molecule has 1 amide bonds. The van der Waals surface area contributed by atoms with Crippen LogP contribution in [0.15, 0.2) is 47.4 Å². The van der Waals surface area contributed by atoms with Gasteiger partial charge in [-0.1, -0.05) is 18.2 Å². The summed E-state index contributed by atoms with van der Waals surface area (Å²) in [4.78, 5) is 32.9. The number of nitrogens with one attached hydrogen (secondary N) is 1. The summed E-state index contributed by atoms with van der Waals surface area (Å²) in [5.41, 5.74) is -0.217. The van der Waals surface area contributed by atoms with Crippen LogP contribution in [0.5, 0.6) is 0 Å². The van der Waals surface area contributed by atoms with E-state index in [4.69, 9.17) is 26.5 Å². The SMILES string of the molecule is [2H]C[C@H]1O[C@@H](n2ccc(NC(=O)c3ccccc3)nc2=O)[C@H](OC)[C@@H]1OP(OCC[N+]#[C-])N(C(C)C)C(C)C. The third-order valence-corrected chi connectivity index (χ3v) is 7.93. The maximum absolute atomic E-state index is 13.0. The van der Waals surface area contributed by atoms with Crippen molar-refractivity contribution >= 4 is 20.3 Å². The van der Waals surface area contributed by atoms with E-state index >= 15 is 0 Å². The van der Waals surface area contributed by atoms with E-state index < -0.39 is 38.8 Å². The fourth-order valence-corrected chi connectivity index (χ4v) is 5.92. The smallest absolute Gasteiger partial charge is 0.351 e. The fraction of sp³-hybridized carbons (Fsp3) is 0.538. The van der Waals surface area contributed by atoms with E-state index in [0.717, 1.165) is 0 Å². The van der Waals surface area contributed by atoms with Crippen LogP contribution in [0.4, 0.5) is 5.82 Å². The number of methoxy groups -OCH3 is 1. The van der Waals surface area contributed by atoms with Crippen molar-refractivity contribution in [2.75, 3.05) is 25.6 Å². The first-order valence-corrected chi connectivity index (χ1v) is 13.5. The number of hydrogen-bond donors (Lipinski definition) is 1. The summed E-state index contributed by atoms with van der Waals surface area (Å²) in [7, 11) is -0.140. The van der Waals surface area contributed by atoms with Crippen molar-refractivity contribution in [3.05, 3.63) is 70.1 Å². The van der Waals surface area contributed by atoms with Crippen molar-refractivity contribution in [2.45, 2.75) is 71.2 Å². The number of nitrogens with zero attached hydrogens (tertiary/aromatic N) is 4. The minimum atomic E-state index is -1.63. The fourth-order valence-electron chi connectivity index (χ4n) is 4.16. The number of benzene rings is 1. The summed E-state index contributed by atoms with van der Waals surface area (Å²) in [6.07, 6.45) is -1.62. The van der Waals surface area contributed by atoms with Crippen molar-refractivity contribution in [3.8, 4) is 0 Å². The van der Waals surface area contributed by atoms with Gasteiger partial charge >= 0.3 is 5.69 Å². The number of anilines is 1. The van der Waals surface area contributed by atoms with Gasteiger partial charge < -0.3 is 28.7 Å². The molecule has 1 N–H and O–H groups in total. The molecule has 0 aliphatic carbocycles. The molecule has 2 aromatic rings. The van der Waals surface area contributed by atoms with Crippen molar-refractivity contribution in [1.82, 2.24) is 14.2 Å². The molecule has 206 valence electrons. The third-order valence-electron chi connectivity index (χ3n) is 5.80. The lowest BCUT2D eigenvalue weighted by Gasteiger charge is -2.37. The highest BCUT2D eigenvalue weighted by atomic mass is 31.2. The highest BCUT2D eigenvalue weighted by Gasteiger charge is 2.47. The lowest BCUT2D eigenvalue weighted by Crippen LogP contribution is -2.40. The second kappa shape index (κ2) is 13.9. The van der Waals surface area contributed by atoms with Gasteiger partial charge in [-0.2, -0.15) is 4.98 Å². The molecule has 0 saturated carbocycles. The number of ether oxygens (including phenoxy) is 2. The number of carbonyl (C=O) groups is 1. The third kappa shape index (κ3) is 7.23. The Kier molecular flexibility index (Phi) is 10.4. The Morgan fingerprint density at radius 3 is 2.55 bits per heavy atom.